The number of allylic oxidation sites excluding steroid dienone is 2. The van der Waals surface area contributed by atoms with Gasteiger partial charge in [-0.1, -0.05) is 60.7 Å². The van der Waals surface area contributed by atoms with Gasteiger partial charge < -0.3 is 25.4 Å². The molecule has 9 heteroatoms. The van der Waals surface area contributed by atoms with Crippen LogP contribution in [0, 0.1) is 5.92 Å². The number of benzene rings is 2. The SMILES string of the molecule is C=C/C=C\C(N)(C1CCOCC1)C1(c2ccc(N3CCOCC3)cc2)CC(=O)C(Sc2ccccc2Cl)C(=O)N1. The molecule has 2 aromatic carbocycles. The van der Waals surface area contributed by atoms with Gasteiger partial charge in [0.05, 0.1) is 29.3 Å². The number of rotatable bonds is 8. The first kappa shape index (κ1) is 28.9. The number of carbonyl (C=O) groups is 2. The van der Waals surface area contributed by atoms with E-state index in [1.165, 1.54) is 11.8 Å². The average Bonchev–Trinajstić information content (AvgIpc) is 2.99. The number of hydrogen-bond donors (Lipinski definition) is 2. The summed E-state index contributed by atoms with van der Waals surface area (Å²) in [5, 5.41) is 2.88. The Balaban J connectivity index is 1.56. The van der Waals surface area contributed by atoms with E-state index in [0.29, 0.717) is 49.2 Å². The second-order valence-corrected chi connectivity index (χ2v) is 12.1. The van der Waals surface area contributed by atoms with E-state index < -0.39 is 16.3 Å². The Kier molecular flexibility index (Phi) is 9.02. The third-order valence-corrected chi connectivity index (χ3v) is 10.0. The van der Waals surface area contributed by atoms with Crippen molar-refractivity contribution < 1.29 is 19.1 Å². The summed E-state index contributed by atoms with van der Waals surface area (Å²) in [7, 11) is 0. The maximum Gasteiger partial charge on any atom is 0.241 e. The lowest BCUT2D eigenvalue weighted by Crippen LogP contribution is -2.73. The standard InChI is InChI=1S/C31H36ClN3O4S/c1-2-3-14-30(33,22-12-17-38-18-13-22)31(23-8-10-24(11-9-23)35-15-19-39-20-16-35)21-26(36)28(29(37)34-31)40-27-7-5-4-6-25(27)32/h2-11,14,22,28H,1,12-13,15-21,33H2,(H,34,37)/b14-3-. The molecule has 40 heavy (non-hydrogen) atoms. The van der Waals surface area contributed by atoms with Crippen LogP contribution < -0.4 is 16.0 Å². The van der Waals surface area contributed by atoms with Crippen LogP contribution in [0.5, 0.6) is 0 Å². The fourth-order valence-electron chi connectivity index (χ4n) is 6.10. The Morgan fingerprint density at radius 2 is 1.73 bits per heavy atom. The second-order valence-electron chi connectivity index (χ2n) is 10.5. The molecular formula is C31H36ClN3O4S. The number of ketones is 1. The monoisotopic (exact) mass is 581 g/mol. The first-order valence-electron chi connectivity index (χ1n) is 13.7. The zero-order valence-electron chi connectivity index (χ0n) is 22.5. The summed E-state index contributed by atoms with van der Waals surface area (Å²) in [6.45, 7) is 7.99. The van der Waals surface area contributed by atoms with E-state index in [0.717, 1.165) is 24.3 Å². The molecule has 212 valence electrons. The maximum atomic E-state index is 14.0. The number of thioether (sulfide) groups is 1. The van der Waals surface area contributed by atoms with Crippen molar-refractivity contribution in [1.29, 1.82) is 0 Å². The van der Waals surface area contributed by atoms with Crippen molar-refractivity contribution >= 4 is 40.7 Å². The number of ether oxygens (including phenoxy) is 2. The molecule has 0 saturated carbocycles. The van der Waals surface area contributed by atoms with Gasteiger partial charge in [-0.3, -0.25) is 9.59 Å². The molecule has 1 amide bonds. The highest BCUT2D eigenvalue weighted by atomic mass is 35.5. The molecule has 0 aromatic heterocycles. The van der Waals surface area contributed by atoms with Gasteiger partial charge in [0.15, 0.2) is 5.78 Å². The van der Waals surface area contributed by atoms with Crippen LogP contribution >= 0.6 is 23.4 Å². The first-order chi connectivity index (χ1) is 19.4. The lowest BCUT2D eigenvalue weighted by Gasteiger charge is -2.54. The average molecular weight is 582 g/mol. The number of nitrogens with one attached hydrogen (secondary N) is 1. The Bertz CT molecular complexity index is 1240. The molecule has 2 aromatic rings. The van der Waals surface area contributed by atoms with E-state index in [1.54, 1.807) is 12.1 Å². The van der Waals surface area contributed by atoms with Gasteiger partial charge in [-0.25, -0.2) is 0 Å². The van der Waals surface area contributed by atoms with Crippen molar-refractivity contribution in [2.75, 3.05) is 44.4 Å². The summed E-state index contributed by atoms with van der Waals surface area (Å²) in [5.74, 6) is -0.579. The Labute approximate surface area is 245 Å². The fraction of sp³-hybridized carbons (Fsp3) is 0.419. The molecular weight excluding hydrogens is 546 g/mol. The number of carbonyl (C=O) groups excluding carboxylic acids is 2. The first-order valence-corrected chi connectivity index (χ1v) is 15.0. The van der Waals surface area contributed by atoms with Gasteiger partial charge >= 0.3 is 0 Å². The third kappa shape index (κ3) is 5.60. The molecule has 0 radical (unpaired) electrons. The molecule has 3 atom stereocenters. The lowest BCUT2D eigenvalue weighted by molar-refractivity contribution is -0.136. The van der Waals surface area contributed by atoms with Gasteiger partial charge in [-0.05, 0) is 48.6 Å². The highest BCUT2D eigenvalue weighted by Crippen LogP contribution is 2.47. The number of halogens is 1. The highest BCUT2D eigenvalue weighted by Gasteiger charge is 2.58. The van der Waals surface area contributed by atoms with Crippen molar-refractivity contribution in [3.05, 3.63) is 83.9 Å². The largest absolute Gasteiger partial charge is 0.381 e. The van der Waals surface area contributed by atoms with Crippen molar-refractivity contribution in [2.45, 2.75) is 40.5 Å². The minimum absolute atomic E-state index is 0.0303. The number of nitrogens with two attached hydrogens (primary N) is 1. The van der Waals surface area contributed by atoms with E-state index in [4.69, 9.17) is 26.8 Å². The lowest BCUT2D eigenvalue weighted by atomic mass is 9.60. The zero-order valence-corrected chi connectivity index (χ0v) is 24.1. The fourth-order valence-corrected chi connectivity index (χ4v) is 7.34. The van der Waals surface area contributed by atoms with Crippen LogP contribution in [0.25, 0.3) is 0 Å². The smallest absolute Gasteiger partial charge is 0.241 e. The molecule has 0 spiro atoms. The Hall–Kier alpha value is -2.62. The molecule has 3 saturated heterocycles. The molecule has 0 aliphatic carbocycles. The van der Waals surface area contributed by atoms with Crippen LogP contribution in [0.4, 0.5) is 5.69 Å². The van der Waals surface area contributed by atoms with Crippen LogP contribution in [-0.2, 0) is 24.6 Å². The molecule has 5 rings (SSSR count). The summed E-state index contributed by atoms with van der Waals surface area (Å²) in [5.41, 5.74) is 7.05. The van der Waals surface area contributed by atoms with Crippen molar-refractivity contribution in [1.82, 2.24) is 5.32 Å². The van der Waals surface area contributed by atoms with Gasteiger partial charge in [0, 0.05) is 43.3 Å². The van der Waals surface area contributed by atoms with Gasteiger partial charge in [0.1, 0.15) is 5.25 Å². The summed E-state index contributed by atoms with van der Waals surface area (Å²) < 4.78 is 11.2. The van der Waals surface area contributed by atoms with E-state index in [9.17, 15) is 9.59 Å². The minimum Gasteiger partial charge on any atom is -0.381 e. The maximum absolute atomic E-state index is 14.0. The van der Waals surface area contributed by atoms with E-state index in [1.807, 2.05) is 54.6 Å². The summed E-state index contributed by atoms with van der Waals surface area (Å²) >= 11 is 7.56. The number of hydrogen-bond acceptors (Lipinski definition) is 7. The molecule has 3 unspecified atom stereocenters. The van der Waals surface area contributed by atoms with Gasteiger partial charge in [0.25, 0.3) is 0 Å². The molecule has 3 aliphatic rings. The molecule has 3 heterocycles. The van der Waals surface area contributed by atoms with Crippen LogP contribution in [-0.4, -0.2) is 62.0 Å². The summed E-state index contributed by atoms with van der Waals surface area (Å²) in [6.07, 6.45) is 6.90. The van der Waals surface area contributed by atoms with Crippen molar-refractivity contribution in [2.24, 2.45) is 11.7 Å². The highest BCUT2D eigenvalue weighted by molar-refractivity contribution is 8.01. The predicted molar refractivity (Wildman–Crippen MR) is 160 cm³/mol. The third-order valence-electron chi connectivity index (χ3n) is 8.27. The Morgan fingerprint density at radius 1 is 1.05 bits per heavy atom. The van der Waals surface area contributed by atoms with E-state index >= 15 is 0 Å². The number of piperidine rings is 1. The topological polar surface area (TPSA) is 93.9 Å². The zero-order chi connectivity index (χ0) is 28.2. The summed E-state index contributed by atoms with van der Waals surface area (Å²) in [6, 6.07) is 15.3. The van der Waals surface area contributed by atoms with Crippen LogP contribution in [0.2, 0.25) is 5.02 Å². The van der Waals surface area contributed by atoms with Crippen LogP contribution in [0.3, 0.4) is 0 Å². The van der Waals surface area contributed by atoms with Gasteiger partial charge in [-0.2, -0.15) is 0 Å². The van der Waals surface area contributed by atoms with Gasteiger partial charge in [0.2, 0.25) is 5.91 Å². The van der Waals surface area contributed by atoms with E-state index in [-0.39, 0.29) is 24.0 Å². The number of nitrogens with zero attached hydrogens (tertiary/aromatic N) is 1. The van der Waals surface area contributed by atoms with E-state index in [2.05, 4.69) is 16.8 Å². The number of anilines is 1. The molecule has 0 bridgehead atoms. The molecule has 3 aliphatic heterocycles. The quantitative estimate of drug-likeness (QED) is 0.350. The minimum atomic E-state index is -1.16. The molecule has 3 N–H and O–H groups in total. The molecule has 7 nitrogen and oxygen atoms in total. The molecule has 3 fully saturated rings. The number of amides is 1. The Morgan fingerprint density at radius 3 is 2.38 bits per heavy atom. The van der Waals surface area contributed by atoms with Crippen LogP contribution in [0.15, 0.2) is 78.2 Å². The normalized spacial score (nSPS) is 25.9. The summed E-state index contributed by atoms with van der Waals surface area (Å²) in [4.78, 5) is 30.8. The van der Waals surface area contributed by atoms with Crippen LogP contribution in [0.1, 0.15) is 24.8 Å². The second kappa shape index (κ2) is 12.5. The predicted octanol–water partition coefficient (Wildman–Crippen LogP) is 4.49. The van der Waals surface area contributed by atoms with Gasteiger partial charge in [-0.15, -0.1) is 11.8 Å². The van der Waals surface area contributed by atoms with Crippen molar-refractivity contribution in [3.8, 4) is 0 Å². The number of Topliss-reactive ketones (excluding diaryl/α,β-unsaturated/α-hetero) is 1. The number of morpholine rings is 1. The van der Waals surface area contributed by atoms with Crippen molar-refractivity contribution in [3.63, 3.8) is 0 Å².